The Bertz CT molecular complexity index is 723. The van der Waals surface area contributed by atoms with E-state index in [-0.39, 0.29) is 18.5 Å². The summed E-state index contributed by atoms with van der Waals surface area (Å²) in [4.78, 5) is 0. The van der Waals surface area contributed by atoms with E-state index in [1.807, 2.05) is 36.4 Å². The molecule has 1 aliphatic heterocycles. The largest absolute Gasteiger partial charge is 0.493 e. The summed E-state index contributed by atoms with van der Waals surface area (Å²) in [6.45, 7) is 6.84. The van der Waals surface area contributed by atoms with Crippen LogP contribution in [0.1, 0.15) is 25.3 Å². The molecule has 0 saturated carbocycles. The molecule has 3 rings (SSSR count). The third-order valence-electron chi connectivity index (χ3n) is 4.32. The molecule has 0 aliphatic carbocycles. The summed E-state index contributed by atoms with van der Waals surface area (Å²) in [5.41, 5.74) is 1.16. The maximum Gasteiger partial charge on any atom is 0.164 e. The Morgan fingerprint density at radius 2 is 1.89 bits per heavy atom. The van der Waals surface area contributed by atoms with Crippen LogP contribution in [0.3, 0.4) is 0 Å². The van der Waals surface area contributed by atoms with Crippen molar-refractivity contribution in [2.45, 2.75) is 25.9 Å². The number of ether oxygens (including phenoxy) is 4. The fourth-order valence-electron chi connectivity index (χ4n) is 2.95. The van der Waals surface area contributed by atoms with E-state index in [0.717, 1.165) is 35.1 Å². The van der Waals surface area contributed by atoms with E-state index >= 15 is 0 Å². The van der Waals surface area contributed by atoms with Gasteiger partial charge in [0, 0.05) is 18.7 Å². The first-order valence-corrected chi connectivity index (χ1v) is 9.08. The molecule has 0 bridgehead atoms. The predicted molar refractivity (Wildman–Crippen MR) is 109 cm³/mol. The lowest BCUT2D eigenvalue weighted by Gasteiger charge is -2.26. The second-order valence-electron chi connectivity index (χ2n) is 6.58. The highest BCUT2D eigenvalue weighted by molar-refractivity contribution is 5.85. The molecule has 27 heavy (non-hydrogen) atoms. The van der Waals surface area contributed by atoms with Crippen molar-refractivity contribution in [3.05, 3.63) is 48.0 Å². The van der Waals surface area contributed by atoms with Crippen molar-refractivity contribution < 1.29 is 18.9 Å². The molecule has 1 atom stereocenters. The molecule has 1 N–H and O–H groups in total. The van der Waals surface area contributed by atoms with E-state index in [0.29, 0.717) is 25.7 Å². The first-order valence-electron chi connectivity index (χ1n) is 9.08. The van der Waals surface area contributed by atoms with E-state index in [1.54, 1.807) is 7.11 Å². The highest BCUT2D eigenvalue weighted by Gasteiger charge is 2.20. The van der Waals surface area contributed by atoms with Gasteiger partial charge in [0.25, 0.3) is 0 Å². The van der Waals surface area contributed by atoms with E-state index < -0.39 is 0 Å². The number of rotatable bonds is 8. The Labute approximate surface area is 167 Å². The quantitative estimate of drug-likeness (QED) is 0.685. The third kappa shape index (κ3) is 5.44. The molecule has 0 spiro atoms. The molecule has 0 amide bonds. The summed E-state index contributed by atoms with van der Waals surface area (Å²) in [7, 11) is 1.67. The minimum Gasteiger partial charge on any atom is -0.493 e. The van der Waals surface area contributed by atoms with Gasteiger partial charge < -0.3 is 24.3 Å². The molecule has 0 fully saturated rings. The molecular formula is C21H28ClNO4. The van der Waals surface area contributed by atoms with Crippen LogP contribution in [0, 0.1) is 0 Å². The van der Waals surface area contributed by atoms with Crippen LogP contribution >= 0.6 is 12.4 Å². The van der Waals surface area contributed by atoms with Gasteiger partial charge in [-0.25, -0.2) is 0 Å². The van der Waals surface area contributed by atoms with E-state index in [4.69, 9.17) is 18.9 Å². The third-order valence-corrected chi connectivity index (χ3v) is 4.32. The first-order chi connectivity index (χ1) is 12.7. The van der Waals surface area contributed by atoms with Gasteiger partial charge in [0.1, 0.15) is 19.3 Å². The molecular weight excluding hydrogens is 366 g/mol. The van der Waals surface area contributed by atoms with Crippen molar-refractivity contribution in [3.63, 3.8) is 0 Å². The Hall–Kier alpha value is -2.11. The minimum absolute atomic E-state index is 0. The standard InChI is InChI=1S/C21H27NO4.ClH/c1-15(2)17-7-6-10-20(23-3)21(17)24-12-11-22-13-16-14-25-18-8-4-5-9-19(18)26-16;/h4-10,15-16,22H,11-14H2,1-3H3;1H/t16-;/m1./s1. The van der Waals surface area contributed by atoms with Crippen LogP contribution < -0.4 is 24.3 Å². The summed E-state index contributed by atoms with van der Waals surface area (Å²) in [6, 6.07) is 13.8. The monoisotopic (exact) mass is 393 g/mol. The van der Waals surface area contributed by atoms with Crippen LogP contribution in [0.2, 0.25) is 0 Å². The minimum atomic E-state index is 0. The van der Waals surface area contributed by atoms with Gasteiger partial charge >= 0.3 is 0 Å². The summed E-state index contributed by atoms with van der Waals surface area (Å²) in [5.74, 6) is 3.59. The van der Waals surface area contributed by atoms with E-state index in [2.05, 4.69) is 25.2 Å². The predicted octanol–water partition coefficient (Wildman–Crippen LogP) is 4.05. The van der Waals surface area contributed by atoms with E-state index in [1.165, 1.54) is 0 Å². The van der Waals surface area contributed by atoms with Gasteiger partial charge in [-0.1, -0.05) is 38.1 Å². The summed E-state index contributed by atoms with van der Waals surface area (Å²) in [6.07, 6.45) is 0.00221. The smallest absolute Gasteiger partial charge is 0.164 e. The lowest BCUT2D eigenvalue weighted by atomic mass is 10.0. The molecule has 5 nitrogen and oxygen atoms in total. The molecule has 0 aromatic heterocycles. The van der Waals surface area contributed by atoms with Crippen molar-refractivity contribution in [1.29, 1.82) is 0 Å². The maximum absolute atomic E-state index is 6.01. The molecule has 148 valence electrons. The van der Waals surface area contributed by atoms with Crippen LogP contribution in [0.15, 0.2) is 42.5 Å². The summed E-state index contributed by atoms with van der Waals surface area (Å²) >= 11 is 0. The van der Waals surface area contributed by atoms with Crippen LogP contribution in [-0.2, 0) is 0 Å². The molecule has 1 aliphatic rings. The molecule has 0 radical (unpaired) electrons. The first kappa shape index (κ1) is 21.2. The molecule has 0 unspecified atom stereocenters. The van der Waals surface area contributed by atoms with E-state index in [9.17, 15) is 0 Å². The lowest BCUT2D eigenvalue weighted by Crippen LogP contribution is -2.39. The highest BCUT2D eigenvalue weighted by atomic mass is 35.5. The number of hydrogen-bond donors (Lipinski definition) is 1. The zero-order valence-corrected chi connectivity index (χ0v) is 16.9. The number of halogens is 1. The second-order valence-corrected chi connectivity index (χ2v) is 6.58. The van der Waals surface area contributed by atoms with Gasteiger partial charge in [-0.05, 0) is 24.1 Å². The fraction of sp³-hybridized carbons (Fsp3) is 0.429. The molecule has 6 heteroatoms. The fourth-order valence-corrected chi connectivity index (χ4v) is 2.95. The van der Waals surface area contributed by atoms with Crippen LogP contribution in [0.5, 0.6) is 23.0 Å². The summed E-state index contributed by atoms with van der Waals surface area (Å²) < 4.78 is 23.1. The average Bonchev–Trinajstić information content (AvgIpc) is 2.67. The lowest BCUT2D eigenvalue weighted by molar-refractivity contribution is 0.0897. The number of benzene rings is 2. The Balaban J connectivity index is 0.00000261. The number of nitrogens with one attached hydrogen (secondary N) is 1. The Morgan fingerprint density at radius 3 is 2.63 bits per heavy atom. The van der Waals surface area contributed by atoms with Crippen LogP contribution in [0.4, 0.5) is 0 Å². The van der Waals surface area contributed by atoms with Gasteiger partial charge in [0.2, 0.25) is 0 Å². The molecule has 1 heterocycles. The molecule has 2 aromatic carbocycles. The summed E-state index contributed by atoms with van der Waals surface area (Å²) in [5, 5.41) is 3.37. The van der Waals surface area contributed by atoms with Gasteiger partial charge in [0.15, 0.2) is 23.0 Å². The Morgan fingerprint density at radius 1 is 1.11 bits per heavy atom. The number of para-hydroxylation sites is 3. The molecule has 2 aromatic rings. The zero-order chi connectivity index (χ0) is 18.4. The van der Waals surface area contributed by atoms with Gasteiger partial charge in [0.05, 0.1) is 7.11 Å². The van der Waals surface area contributed by atoms with Crippen molar-refractivity contribution in [3.8, 4) is 23.0 Å². The zero-order valence-electron chi connectivity index (χ0n) is 16.1. The second kappa shape index (κ2) is 10.3. The van der Waals surface area contributed by atoms with Crippen molar-refractivity contribution in [2.75, 3.05) is 33.4 Å². The van der Waals surface area contributed by atoms with Gasteiger partial charge in [-0.3, -0.25) is 0 Å². The Kier molecular flexibility index (Phi) is 8.07. The topological polar surface area (TPSA) is 49.0 Å². The number of fused-ring (bicyclic) bond motifs is 1. The van der Waals surface area contributed by atoms with Gasteiger partial charge in [-0.15, -0.1) is 12.4 Å². The van der Waals surface area contributed by atoms with Crippen molar-refractivity contribution in [1.82, 2.24) is 5.32 Å². The van der Waals surface area contributed by atoms with Gasteiger partial charge in [-0.2, -0.15) is 0 Å². The SMILES string of the molecule is COc1cccc(C(C)C)c1OCCNC[C@@H]1COc2ccccc2O1.Cl. The maximum atomic E-state index is 6.01. The number of methoxy groups -OCH3 is 1. The van der Waals surface area contributed by atoms with Crippen molar-refractivity contribution >= 4 is 12.4 Å². The van der Waals surface area contributed by atoms with Crippen LogP contribution in [0.25, 0.3) is 0 Å². The number of hydrogen-bond acceptors (Lipinski definition) is 5. The normalized spacial score (nSPS) is 15.2. The molecule has 0 saturated heterocycles. The highest BCUT2D eigenvalue weighted by Crippen LogP contribution is 2.35. The average molecular weight is 394 g/mol. The van der Waals surface area contributed by atoms with Crippen molar-refractivity contribution in [2.24, 2.45) is 0 Å². The van der Waals surface area contributed by atoms with Crippen LogP contribution in [-0.4, -0.2) is 39.5 Å².